The van der Waals surface area contributed by atoms with Gasteiger partial charge in [0.15, 0.2) is 0 Å². The highest BCUT2D eigenvalue weighted by atomic mass is 35.5. The minimum absolute atomic E-state index is 0.204. The number of anilines is 2. The van der Waals surface area contributed by atoms with Crippen molar-refractivity contribution in [2.45, 2.75) is 6.42 Å². The molecule has 4 aromatic rings. The third-order valence-corrected chi connectivity index (χ3v) is 4.72. The van der Waals surface area contributed by atoms with E-state index in [0.717, 1.165) is 11.9 Å². The number of aromatic nitrogens is 2. The van der Waals surface area contributed by atoms with Crippen molar-refractivity contribution in [1.29, 1.82) is 0 Å². The normalized spacial score (nSPS) is 10.8. The van der Waals surface area contributed by atoms with Crippen LogP contribution in [0.3, 0.4) is 0 Å². The van der Waals surface area contributed by atoms with Crippen molar-refractivity contribution in [3.8, 4) is 0 Å². The first kappa shape index (κ1) is 18.1. The monoisotopic (exact) mass is 390 g/mol. The summed E-state index contributed by atoms with van der Waals surface area (Å²) in [7, 11) is 0. The molecule has 0 aliphatic heterocycles. The minimum atomic E-state index is -0.204. The second-order valence-electron chi connectivity index (χ2n) is 6.43. The molecule has 3 N–H and O–H groups in total. The van der Waals surface area contributed by atoms with Gasteiger partial charge in [0.25, 0.3) is 5.91 Å². The summed E-state index contributed by atoms with van der Waals surface area (Å²) < 4.78 is 0. The zero-order valence-corrected chi connectivity index (χ0v) is 15.8. The summed E-state index contributed by atoms with van der Waals surface area (Å²) in [4.78, 5) is 20.1. The number of para-hydroxylation sites is 1. The fourth-order valence-corrected chi connectivity index (χ4v) is 3.29. The summed E-state index contributed by atoms with van der Waals surface area (Å²) in [6.07, 6.45) is 4.51. The van der Waals surface area contributed by atoms with Gasteiger partial charge in [-0.15, -0.1) is 0 Å². The van der Waals surface area contributed by atoms with Crippen LogP contribution in [0.25, 0.3) is 10.9 Å². The van der Waals surface area contributed by atoms with Gasteiger partial charge in [-0.1, -0.05) is 35.9 Å². The molecule has 0 aliphatic rings. The molecule has 0 spiro atoms. The standard InChI is InChI=1S/C22H19ClN4O/c23-17-4-3-5-18(13-17)27-22(28)15-8-10-24-21(12-15)25-11-9-16-14-26-20-7-2-1-6-19(16)20/h1-8,10,12-14,26H,9,11H2,(H,24,25)(H,27,28). The summed E-state index contributed by atoms with van der Waals surface area (Å²) in [5.41, 5.74) is 3.57. The van der Waals surface area contributed by atoms with Gasteiger partial charge in [-0.3, -0.25) is 4.79 Å². The van der Waals surface area contributed by atoms with Crippen molar-refractivity contribution in [1.82, 2.24) is 9.97 Å². The van der Waals surface area contributed by atoms with E-state index in [2.05, 4.69) is 32.7 Å². The number of halogens is 1. The molecule has 5 nitrogen and oxygen atoms in total. The molecule has 4 rings (SSSR count). The average Bonchev–Trinajstić information content (AvgIpc) is 3.11. The third kappa shape index (κ3) is 4.15. The second kappa shape index (κ2) is 8.15. The number of hydrogen-bond donors (Lipinski definition) is 3. The molecule has 0 bridgehead atoms. The Morgan fingerprint density at radius 3 is 2.86 bits per heavy atom. The minimum Gasteiger partial charge on any atom is -0.370 e. The van der Waals surface area contributed by atoms with Gasteiger partial charge >= 0.3 is 0 Å². The van der Waals surface area contributed by atoms with Crippen molar-refractivity contribution in [3.05, 3.63) is 89.2 Å². The first-order chi connectivity index (χ1) is 13.7. The molecule has 0 unspecified atom stereocenters. The van der Waals surface area contributed by atoms with Crippen LogP contribution >= 0.6 is 11.6 Å². The SMILES string of the molecule is O=C(Nc1cccc(Cl)c1)c1ccnc(NCCc2c[nH]c3ccccc23)c1. The summed E-state index contributed by atoms with van der Waals surface area (Å²) in [6, 6.07) is 18.7. The predicted molar refractivity (Wildman–Crippen MR) is 114 cm³/mol. The summed E-state index contributed by atoms with van der Waals surface area (Å²) in [5.74, 6) is 0.461. The lowest BCUT2D eigenvalue weighted by Crippen LogP contribution is -2.13. The predicted octanol–water partition coefficient (Wildman–Crippen LogP) is 5.12. The molecule has 6 heteroatoms. The lowest BCUT2D eigenvalue weighted by molar-refractivity contribution is 0.102. The van der Waals surface area contributed by atoms with E-state index < -0.39 is 0 Å². The number of amides is 1. The van der Waals surface area contributed by atoms with Gasteiger partial charge in [-0.05, 0) is 48.4 Å². The van der Waals surface area contributed by atoms with Crippen LogP contribution in [0.2, 0.25) is 5.02 Å². The zero-order chi connectivity index (χ0) is 19.3. The number of hydrogen-bond acceptors (Lipinski definition) is 3. The highest BCUT2D eigenvalue weighted by Crippen LogP contribution is 2.19. The van der Waals surface area contributed by atoms with E-state index in [4.69, 9.17) is 11.6 Å². The Morgan fingerprint density at radius 1 is 1.07 bits per heavy atom. The lowest BCUT2D eigenvalue weighted by Gasteiger charge is -2.08. The molecule has 0 aliphatic carbocycles. The molecule has 1 amide bonds. The van der Waals surface area contributed by atoms with Crippen LogP contribution < -0.4 is 10.6 Å². The van der Waals surface area contributed by atoms with Crippen LogP contribution in [-0.4, -0.2) is 22.4 Å². The highest BCUT2D eigenvalue weighted by molar-refractivity contribution is 6.31. The van der Waals surface area contributed by atoms with Crippen molar-refractivity contribution in [2.75, 3.05) is 17.2 Å². The lowest BCUT2D eigenvalue weighted by atomic mass is 10.1. The van der Waals surface area contributed by atoms with Gasteiger partial charge < -0.3 is 15.6 Å². The Morgan fingerprint density at radius 2 is 1.96 bits per heavy atom. The second-order valence-corrected chi connectivity index (χ2v) is 6.87. The van der Waals surface area contributed by atoms with Crippen LogP contribution in [0, 0.1) is 0 Å². The summed E-state index contributed by atoms with van der Waals surface area (Å²) in [5, 5.41) is 7.94. The number of nitrogens with zero attached hydrogens (tertiary/aromatic N) is 1. The quantitative estimate of drug-likeness (QED) is 0.427. The molecule has 0 saturated heterocycles. The molecule has 28 heavy (non-hydrogen) atoms. The fraction of sp³-hybridized carbons (Fsp3) is 0.0909. The van der Waals surface area contributed by atoms with Crippen LogP contribution in [0.5, 0.6) is 0 Å². The number of pyridine rings is 1. The molecular weight excluding hydrogens is 372 g/mol. The molecule has 2 aromatic carbocycles. The van der Waals surface area contributed by atoms with Crippen LogP contribution in [0.1, 0.15) is 15.9 Å². The van der Waals surface area contributed by atoms with E-state index in [1.54, 1.807) is 42.6 Å². The molecule has 0 saturated carbocycles. The van der Waals surface area contributed by atoms with Gasteiger partial charge in [0.05, 0.1) is 0 Å². The summed E-state index contributed by atoms with van der Waals surface area (Å²) in [6.45, 7) is 0.716. The van der Waals surface area contributed by atoms with E-state index in [-0.39, 0.29) is 5.91 Å². The smallest absolute Gasteiger partial charge is 0.255 e. The maximum absolute atomic E-state index is 12.5. The maximum Gasteiger partial charge on any atom is 0.255 e. The third-order valence-electron chi connectivity index (χ3n) is 4.48. The number of fused-ring (bicyclic) bond motifs is 1. The van der Waals surface area contributed by atoms with E-state index in [9.17, 15) is 4.79 Å². The Hall–Kier alpha value is -3.31. The van der Waals surface area contributed by atoms with Gasteiger partial charge in [0.1, 0.15) is 5.82 Å². The number of carbonyl (C=O) groups excluding carboxylic acids is 1. The molecule has 2 heterocycles. The number of aromatic amines is 1. The molecule has 0 radical (unpaired) electrons. The Kier molecular flexibility index (Phi) is 5.26. The van der Waals surface area contributed by atoms with Crippen LogP contribution in [0.4, 0.5) is 11.5 Å². The Labute approximate surface area is 167 Å². The topological polar surface area (TPSA) is 69.8 Å². The number of H-pyrrole nitrogens is 1. The van der Waals surface area contributed by atoms with Crippen LogP contribution in [-0.2, 0) is 6.42 Å². The zero-order valence-electron chi connectivity index (χ0n) is 15.1. The summed E-state index contributed by atoms with van der Waals surface area (Å²) >= 11 is 5.96. The number of rotatable bonds is 6. The van der Waals surface area contributed by atoms with Crippen molar-refractivity contribution < 1.29 is 4.79 Å². The molecule has 0 fully saturated rings. The Bertz CT molecular complexity index is 1120. The van der Waals surface area contributed by atoms with Gasteiger partial charge in [-0.25, -0.2) is 4.98 Å². The molecule has 0 atom stereocenters. The van der Waals surface area contributed by atoms with E-state index >= 15 is 0 Å². The van der Waals surface area contributed by atoms with Gasteiger partial charge in [0.2, 0.25) is 0 Å². The van der Waals surface area contributed by atoms with Crippen molar-refractivity contribution in [3.63, 3.8) is 0 Å². The van der Waals surface area contributed by atoms with Crippen LogP contribution in [0.15, 0.2) is 73.1 Å². The largest absolute Gasteiger partial charge is 0.370 e. The number of benzene rings is 2. The number of nitrogens with one attached hydrogen (secondary N) is 3. The maximum atomic E-state index is 12.5. The molecule has 2 aromatic heterocycles. The van der Waals surface area contributed by atoms with Crippen molar-refractivity contribution >= 4 is 39.9 Å². The average molecular weight is 391 g/mol. The molecular formula is C22H19ClN4O. The Balaban J connectivity index is 1.39. The van der Waals surface area contributed by atoms with E-state index in [0.29, 0.717) is 28.6 Å². The van der Waals surface area contributed by atoms with Gasteiger partial charge in [-0.2, -0.15) is 0 Å². The van der Waals surface area contributed by atoms with Crippen molar-refractivity contribution in [2.24, 2.45) is 0 Å². The highest BCUT2D eigenvalue weighted by Gasteiger charge is 2.08. The number of carbonyl (C=O) groups is 1. The van der Waals surface area contributed by atoms with E-state index in [1.807, 2.05) is 18.3 Å². The fourth-order valence-electron chi connectivity index (χ4n) is 3.10. The van der Waals surface area contributed by atoms with E-state index in [1.165, 1.54) is 10.9 Å². The van der Waals surface area contributed by atoms with Gasteiger partial charge in [0, 0.05) is 46.1 Å². The molecule has 140 valence electrons. The first-order valence-corrected chi connectivity index (χ1v) is 9.39. The first-order valence-electron chi connectivity index (χ1n) is 9.01.